The minimum atomic E-state index is -0.515. The van der Waals surface area contributed by atoms with E-state index in [1.807, 2.05) is 6.92 Å². The Morgan fingerprint density at radius 3 is 2.58 bits per heavy atom. The second-order valence-electron chi connectivity index (χ2n) is 5.82. The van der Waals surface area contributed by atoms with Crippen LogP contribution < -0.4 is 10.6 Å². The molecule has 0 aliphatic rings. The highest BCUT2D eigenvalue weighted by Crippen LogP contribution is 2.30. The highest BCUT2D eigenvalue weighted by Gasteiger charge is 2.12. The molecule has 0 unspecified atom stereocenters. The highest BCUT2D eigenvalue weighted by atomic mass is 32.1. The number of ether oxygens (including phenoxy) is 1. The zero-order chi connectivity index (χ0) is 18.9. The fourth-order valence-corrected chi connectivity index (χ4v) is 3.33. The van der Waals surface area contributed by atoms with Crippen molar-refractivity contribution >= 4 is 28.5 Å². The summed E-state index contributed by atoms with van der Waals surface area (Å²) in [6, 6.07) is 8.39. The number of aromatic nitrogens is 1. The van der Waals surface area contributed by atoms with E-state index < -0.39 is 6.09 Å². The molecule has 140 valence electrons. The Hall–Kier alpha value is -2.41. The van der Waals surface area contributed by atoms with Crippen molar-refractivity contribution in [2.75, 3.05) is 18.5 Å². The van der Waals surface area contributed by atoms with Gasteiger partial charge in [0.25, 0.3) is 0 Å². The molecule has 0 bridgehead atoms. The van der Waals surface area contributed by atoms with Crippen LogP contribution in [0.5, 0.6) is 0 Å². The third kappa shape index (κ3) is 5.84. The van der Waals surface area contributed by atoms with E-state index in [9.17, 15) is 9.59 Å². The number of nitrogens with one attached hydrogen (secondary N) is 2. The predicted octanol–water partition coefficient (Wildman–Crippen LogP) is 4.15. The molecule has 0 saturated carbocycles. The Balaban J connectivity index is 1.92. The first-order chi connectivity index (χ1) is 12.5. The lowest BCUT2D eigenvalue weighted by atomic mass is 10.1. The van der Waals surface area contributed by atoms with Crippen molar-refractivity contribution in [3.05, 3.63) is 34.7 Å². The molecular formula is C19H25N3O3S. The van der Waals surface area contributed by atoms with Crippen LogP contribution in [0.25, 0.3) is 11.3 Å². The number of rotatable bonds is 8. The number of aryl methyl sites for hydroxylation is 2. The summed E-state index contributed by atoms with van der Waals surface area (Å²) in [7, 11) is 0. The van der Waals surface area contributed by atoms with E-state index in [-0.39, 0.29) is 18.9 Å². The Kier molecular flexibility index (Phi) is 7.59. The fourth-order valence-electron chi connectivity index (χ4n) is 2.48. The summed E-state index contributed by atoms with van der Waals surface area (Å²) in [4.78, 5) is 28.8. The van der Waals surface area contributed by atoms with Crippen LogP contribution in [0.3, 0.4) is 0 Å². The third-order valence-electron chi connectivity index (χ3n) is 3.71. The molecule has 2 amide bonds. The van der Waals surface area contributed by atoms with Gasteiger partial charge in [-0.2, -0.15) is 0 Å². The van der Waals surface area contributed by atoms with Crippen LogP contribution in [-0.4, -0.2) is 30.1 Å². The molecule has 2 N–H and O–H groups in total. The van der Waals surface area contributed by atoms with Crippen molar-refractivity contribution in [1.82, 2.24) is 10.3 Å². The first-order valence-corrected chi connectivity index (χ1v) is 9.62. The van der Waals surface area contributed by atoms with Gasteiger partial charge in [-0.3, -0.25) is 4.79 Å². The van der Waals surface area contributed by atoms with Crippen molar-refractivity contribution in [2.45, 2.75) is 40.0 Å². The van der Waals surface area contributed by atoms with E-state index in [1.54, 1.807) is 6.92 Å². The number of carbonyl (C=O) groups is 2. The number of hydrogen-bond donors (Lipinski definition) is 2. The number of hydrogen-bond acceptors (Lipinski definition) is 5. The fraction of sp³-hybridized carbons (Fsp3) is 0.421. The van der Waals surface area contributed by atoms with Gasteiger partial charge in [0.05, 0.1) is 12.3 Å². The molecule has 0 radical (unpaired) electrons. The van der Waals surface area contributed by atoms with Gasteiger partial charge in [-0.05, 0) is 25.8 Å². The van der Waals surface area contributed by atoms with Crippen LogP contribution in [0.2, 0.25) is 0 Å². The standard InChI is InChI=1S/C19H25N3O3S/c1-4-6-14-7-9-15(10-8-14)17-13(3)26-18(22-17)21-16(23)11-12-20-19(24)25-5-2/h7-10H,4-6,11-12H2,1-3H3,(H,20,24)(H,21,22,23). The second-order valence-corrected chi connectivity index (χ2v) is 7.02. The Morgan fingerprint density at radius 2 is 1.92 bits per heavy atom. The molecular weight excluding hydrogens is 350 g/mol. The normalized spacial score (nSPS) is 10.4. The maximum Gasteiger partial charge on any atom is 0.407 e. The van der Waals surface area contributed by atoms with Crippen LogP contribution in [0.1, 0.15) is 37.1 Å². The van der Waals surface area contributed by atoms with Gasteiger partial charge in [0.15, 0.2) is 5.13 Å². The van der Waals surface area contributed by atoms with Gasteiger partial charge in [-0.1, -0.05) is 37.6 Å². The lowest BCUT2D eigenvalue weighted by molar-refractivity contribution is -0.116. The molecule has 0 aliphatic heterocycles. The van der Waals surface area contributed by atoms with Crippen LogP contribution in [0.4, 0.5) is 9.93 Å². The molecule has 26 heavy (non-hydrogen) atoms. The van der Waals surface area contributed by atoms with Crippen LogP contribution in [0.15, 0.2) is 24.3 Å². The van der Waals surface area contributed by atoms with E-state index >= 15 is 0 Å². The lowest BCUT2D eigenvalue weighted by Gasteiger charge is -2.04. The zero-order valence-corrected chi connectivity index (χ0v) is 16.2. The van der Waals surface area contributed by atoms with Crippen molar-refractivity contribution in [2.24, 2.45) is 0 Å². The molecule has 7 heteroatoms. The molecule has 1 aromatic carbocycles. The maximum absolute atomic E-state index is 12.0. The molecule has 0 saturated heterocycles. The van der Waals surface area contributed by atoms with Crippen molar-refractivity contribution in [3.63, 3.8) is 0 Å². The first-order valence-electron chi connectivity index (χ1n) is 8.80. The Morgan fingerprint density at radius 1 is 1.19 bits per heavy atom. The van der Waals surface area contributed by atoms with E-state index in [0.29, 0.717) is 11.7 Å². The molecule has 1 heterocycles. The number of anilines is 1. The number of alkyl carbamates (subject to hydrolysis) is 1. The Labute approximate surface area is 158 Å². The molecule has 6 nitrogen and oxygen atoms in total. The Bertz CT molecular complexity index is 741. The summed E-state index contributed by atoms with van der Waals surface area (Å²) >= 11 is 1.44. The van der Waals surface area contributed by atoms with E-state index in [1.165, 1.54) is 16.9 Å². The largest absolute Gasteiger partial charge is 0.450 e. The molecule has 2 aromatic rings. The molecule has 2 rings (SSSR count). The summed E-state index contributed by atoms with van der Waals surface area (Å²) < 4.78 is 4.74. The van der Waals surface area contributed by atoms with Crippen LogP contribution >= 0.6 is 11.3 Å². The van der Waals surface area contributed by atoms with Crippen molar-refractivity contribution < 1.29 is 14.3 Å². The maximum atomic E-state index is 12.0. The van der Waals surface area contributed by atoms with Gasteiger partial charge in [-0.15, -0.1) is 11.3 Å². The van der Waals surface area contributed by atoms with E-state index in [4.69, 9.17) is 4.74 Å². The zero-order valence-electron chi connectivity index (χ0n) is 15.4. The summed E-state index contributed by atoms with van der Waals surface area (Å²) in [5, 5.41) is 5.87. The van der Waals surface area contributed by atoms with E-state index in [0.717, 1.165) is 29.0 Å². The average Bonchev–Trinajstić information content (AvgIpc) is 2.96. The minimum absolute atomic E-state index is 0.165. The van der Waals surface area contributed by atoms with Crippen molar-refractivity contribution in [3.8, 4) is 11.3 Å². The number of amides is 2. The van der Waals surface area contributed by atoms with Gasteiger partial charge in [0, 0.05) is 23.4 Å². The molecule has 1 aromatic heterocycles. The quantitative estimate of drug-likeness (QED) is 0.726. The number of thiazole rings is 1. The SMILES string of the molecule is CCCc1ccc(-c2nc(NC(=O)CCNC(=O)OCC)sc2C)cc1. The van der Waals surface area contributed by atoms with Gasteiger partial charge in [0.2, 0.25) is 5.91 Å². The predicted molar refractivity (Wildman–Crippen MR) is 105 cm³/mol. The van der Waals surface area contributed by atoms with Gasteiger partial charge in [0.1, 0.15) is 0 Å². The van der Waals surface area contributed by atoms with E-state index in [2.05, 4.69) is 46.8 Å². The third-order valence-corrected chi connectivity index (χ3v) is 4.59. The average molecular weight is 375 g/mol. The molecule has 0 aliphatic carbocycles. The highest BCUT2D eigenvalue weighted by molar-refractivity contribution is 7.16. The first kappa shape index (κ1) is 19.9. The topological polar surface area (TPSA) is 80.3 Å². The minimum Gasteiger partial charge on any atom is -0.450 e. The number of benzene rings is 1. The summed E-state index contributed by atoms with van der Waals surface area (Å²) in [6.45, 7) is 6.41. The molecule has 0 fully saturated rings. The summed E-state index contributed by atoms with van der Waals surface area (Å²) in [5.74, 6) is -0.194. The monoisotopic (exact) mass is 375 g/mol. The van der Waals surface area contributed by atoms with Crippen LogP contribution in [0, 0.1) is 6.92 Å². The molecule has 0 atom stereocenters. The number of carbonyl (C=O) groups excluding carboxylic acids is 2. The smallest absolute Gasteiger partial charge is 0.407 e. The summed E-state index contributed by atoms with van der Waals surface area (Å²) in [5.41, 5.74) is 3.24. The molecule has 0 spiro atoms. The van der Waals surface area contributed by atoms with Gasteiger partial charge < -0.3 is 15.4 Å². The van der Waals surface area contributed by atoms with Crippen LogP contribution in [-0.2, 0) is 16.0 Å². The number of nitrogens with zero attached hydrogens (tertiary/aromatic N) is 1. The summed E-state index contributed by atoms with van der Waals surface area (Å²) in [6.07, 6.45) is 1.84. The second kappa shape index (κ2) is 9.91. The van der Waals surface area contributed by atoms with Gasteiger partial charge in [-0.25, -0.2) is 9.78 Å². The van der Waals surface area contributed by atoms with Crippen molar-refractivity contribution in [1.29, 1.82) is 0 Å². The van der Waals surface area contributed by atoms with Gasteiger partial charge >= 0.3 is 6.09 Å². The lowest BCUT2D eigenvalue weighted by Crippen LogP contribution is -2.28.